The molecule has 116 valence electrons. The van der Waals surface area contributed by atoms with Gasteiger partial charge in [0.15, 0.2) is 0 Å². The van der Waals surface area contributed by atoms with E-state index in [0.29, 0.717) is 19.1 Å². The van der Waals surface area contributed by atoms with Crippen LogP contribution in [0.3, 0.4) is 0 Å². The highest BCUT2D eigenvalue weighted by molar-refractivity contribution is 5.78. The normalized spacial score (nSPS) is 25.9. The lowest BCUT2D eigenvalue weighted by atomic mass is 10.0. The van der Waals surface area contributed by atoms with Crippen LogP contribution in [0.25, 0.3) is 0 Å². The molecule has 2 rings (SSSR count). The largest absolute Gasteiger partial charge is 0.394 e. The maximum Gasteiger partial charge on any atom is 0.236 e. The minimum Gasteiger partial charge on any atom is -0.394 e. The van der Waals surface area contributed by atoms with Crippen molar-refractivity contribution in [3.8, 4) is 0 Å². The van der Waals surface area contributed by atoms with Crippen LogP contribution in [0.5, 0.6) is 0 Å². The van der Waals surface area contributed by atoms with Crippen molar-refractivity contribution in [2.24, 2.45) is 5.92 Å². The van der Waals surface area contributed by atoms with E-state index in [9.17, 15) is 4.79 Å². The highest BCUT2D eigenvalue weighted by atomic mass is 16.5. The van der Waals surface area contributed by atoms with Crippen molar-refractivity contribution < 1.29 is 14.6 Å². The molecule has 5 heteroatoms. The van der Waals surface area contributed by atoms with Crippen LogP contribution in [0, 0.1) is 5.92 Å². The summed E-state index contributed by atoms with van der Waals surface area (Å²) in [6.45, 7) is 6.99. The van der Waals surface area contributed by atoms with Crippen LogP contribution in [0.4, 0.5) is 0 Å². The van der Waals surface area contributed by atoms with E-state index >= 15 is 0 Å². The average molecular weight is 284 g/mol. The Labute approximate surface area is 121 Å². The number of rotatable bonds is 5. The molecule has 1 amide bonds. The fraction of sp³-hybridized carbons (Fsp3) is 0.933. The summed E-state index contributed by atoms with van der Waals surface area (Å²) in [5, 5.41) is 8.75. The summed E-state index contributed by atoms with van der Waals surface area (Å²) in [6.07, 6.45) is 4.57. The van der Waals surface area contributed by atoms with Gasteiger partial charge in [-0.25, -0.2) is 0 Å². The topological polar surface area (TPSA) is 53.0 Å². The van der Waals surface area contributed by atoms with Crippen LogP contribution in [0.1, 0.15) is 32.6 Å². The summed E-state index contributed by atoms with van der Waals surface area (Å²) in [4.78, 5) is 16.6. The molecular weight excluding hydrogens is 256 g/mol. The molecule has 5 nitrogen and oxygen atoms in total. The van der Waals surface area contributed by atoms with E-state index in [-0.39, 0.29) is 18.6 Å². The molecule has 0 aromatic heterocycles. The first-order valence-corrected chi connectivity index (χ1v) is 7.91. The molecule has 1 N–H and O–H groups in total. The fourth-order valence-electron chi connectivity index (χ4n) is 3.16. The van der Waals surface area contributed by atoms with Crippen molar-refractivity contribution in [3.63, 3.8) is 0 Å². The number of carbonyl (C=O) groups excluding carboxylic acids is 1. The molecule has 0 aliphatic carbocycles. The number of carbonyl (C=O) groups is 1. The lowest BCUT2D eigenvalue weighted by Gasteiger charge is -2.35. The van der Waals surface area contributed by atoms with Crippen molar-refractivity contribution in [2.75, 3.05) is 45.9 Å². The van der Waals surface area contributed by atoms with Gasteiger partial charge >= 0.3 is 0 Å². The third kappa shape index (κ3) is 4.72. The molecule has 2 fully saturated rings. The molecule has 1 atom stereocenters. The Morgan fingerprint density at radius 2 is 2.00 bits per heavy atom. The van der Waals surface area contributed by atoms with Crippen molar-refractivity contribution in [2.45, 2.75) is 38.7 Å². The fourth-order valence-corrected chi connectivity index (χ4v) is 3.16. The number of hydrogen-bond donors (Lipinski definition) is 1. The van der Waals surface area contributed by atoms with Gasteiger partial charge in [0.1, 0.15) is 0 Å². The maximum absolute atomic E-state index is 12.3. The Balaban J connectivity index is 1.68. The molecule has 2 saturated heterocycles. The number of likely N-dealkylation sites (tertiary alicyclic amines) is 2. The Bertz CT molecular complexity index is 303. The third-order valence-corrected chi connectivity index (χ3v) is 4.35. The second kappa shape index (κ2) is 7.96. The van der Waals surface area contributed by atoms with Gasteiger partial charge in [0.05, 0.1) is 25.9 Å². The minimum atomic E-state index is 0.0891. The summed E-state index contributed by atoms with van der Waals surface area (Å²) in [7, 11) is 0. The second-order valence-electron chi connectivity index (χ2n) is 6.16. The number of aliphatic hydroxyl groups excluding tert-OH is 1. The Morgan fingerprint density at radius 3 is 2.65 bits per heavy atom. The highest BCUT2D eigenvalue weighted by Gasteiger charge is 2.25. The predicted molar refractivity (Wildman–Crippen MR) is 77.5 cm³/mol. The maximum atomic E-state index is 12.3. The van der Waals surface area contributed by atoms with E-state index in [4.69, 9.17) is 9.84 Å². The van der Waals surface area contributed by atoms with E-state index < -0.39 is 0 Å². The second-order valence-corrected chi connectivity index (χ2v) is 6.16. The molecule has 0 bridgehead atoms. The first-order valence-electron chi connectivity index (χ1n) is 7.91. The number of aliphatic hydroxyl groups is 1. The van der Waals surface area contributed by atoms with E-state index in [0.717, 1.165) is 45.4 Å². The predicted octanol–water partition coefficient (Wildman–Crippen LogP) is 0.718. The first kappa shape index (κ1) is 15.7. The molecule has 0 spiro atoms. The van der Waals surface area contributed by atoms with Crippen LogP contribution in [0.15, 0.2) is 0 Å². The molecule has 0 aromatic carbocycles. The Morgan fingerprint density at radius 1 is 1.25 bits per heavy atom. The minimum absolute atomic E-state index is 0.0891. The third-order valence-electron chi connectivity index (χ3n) is 4.35. The van der Waals surface area contributed by atoms with Gasteiger partial charge in [-0.3, -0.25) is 9.69 Å². The molecule has 0 aromatic rings. The first-order chi connectivity index (χ1) is 9.69. The monoisotopic (exact) mass is 284 g/mol. The summed E-state index contributed by atoms with van der Waals surface area (Å²) in [6, 6.07) is 0. The zero-order chi connectivity index (χ0) is 14.4. The molecule has 2 aliphatic rings. The summed E-state index contributed by atoms with van der Waals surface area (Å²) < 4.78 is 5.54. The standard InChI is InChI=1S/C15H28N2O3/c1-13-3-2-6-17(11-13)15(19)12-16-7-4-14(5-8-16)20-10-9-18/h13-14,18H,2-12H2,1H3. The van der Waals surface area contributed by atoms with Gasteiger partial charge in [-0.05, 0) is 31.6 Å². The summed E-state index contributed by atoms with van der Waals surface area (Å²) in [5.74, 6) is 0.927. The van der Waals surface area contributed by atoms with Crippen molar-refractivity contribution in [1.29, 1.82) is 0 Å². The van der Waals surface area contributed by atoms with Crippen LogP contribution < -0.4 is 0 Å². The van der Waals surface area contributed by atoms with Crippen molar-refractivity contribution >= 4 is 5.91 Å². The number of ether oxygens (including phenoxy) is 1. The molecule has 0 saturated carbocycles. The van der Waals surface area contributed by atoms with Crippen LogP contribution in [-0.2, 0) is 9.53 Å². The van der Waals surface area contributed by atoms with Gasteiger partial charge in [0, 0.05) is 26.2 Å². The molecule has 20 heavy (non-hydrogen) atoms. The molecular formula is C15H28N2O3. The van der Waals surface area contributed by atoms with Crippen LogP contribution in [0.2, 0.25) is 0 Å². The zero-order valence-corrected chi connectivity index (χ0v) is 12.6. The number of hydrogen-bond acceptors (Lipinski definition) is 4. The van der Waals surface area contributed by atoms with Crippen molar-refractivity contribution in [3.05, 3.63) is 0 Å². The van der Waals surface area contributed by atoms with Gasteiger partial charge in [-0.1, -0.05) is 6.92 Å². The van der Waals surface area contributed by atoms with E-state index in [2.05, 4.69) is 11.8 Å². The van der Waals surface area contributed by atoms with Gasteiger partial charge in [0.25, 0.3) is 0 Å². The number of amides is 1. The molecule has 0 radical (unpaired) electrons. The van der Waals surface area contributed by atoms with Gasteiger partial charge < -0.3 is 14.7 Å². The van der Waals surface area contributed by atoms with Gasteiger partial charge in [0.2, 0.25) is 5.91 Å². The Kier molecular flexibility index (Phi) is 6.26. The van der Waals surface area contributed by atoms with E-state index in [1.54, 1.807) is 0 Å². The average Bonchev–Trinajstić information content (AvgIpc) is 2.46. The molecule has 2 heterocycles. The lowest BCUT2D eigenvalue weighted by molar-refractivity contribution is -0.134. The zero-order valence-electron chi connectivity index (χ0n) is 12.6. The Hall–Kier alpha value is -0.650. The van der Waals surface area contributed by atoms with Gasteiger partial charge in [-0.15, -0.1) is 0 Å². The van der Waals surface area contributed by atoms with Crippen LogP contribution in [-0.4, -0.2) is 72.9 Å². The molecule has 2 aliphatic heterocycles. The van der Waals surface area contributed by atoms with E-state index in [1.165, 1.54) is 6.42 Å². The smallest absolute Gasteiger partial charge is 0.236 e. The van der Waals surface area contributed by atoms with Crippen LogP contribution >= 0.6 is 0 Å². The van der Waals surface area contributed by atoms with Crippen molar-refractivity contribution in [1.82, 2.24) is 9.80 Å². The quantitative estimate of drug-likeness (QED) is 0.808. The summed E-state index contributed by atoms with van der Waals surface area (Å²) in [5.41, 5.74) is 0. The van der Waals surface area contributed by atoms with E-state index in [1.807, 2.05) is 4.90 Å². The SMILES string of the molecule is CC1CCCN(C(=O)CN2CCC(OCCO)CC2)C1. The lowest BCUT2D eigenvalue weighted by Crippen LogP contribution is -2.47. The number of nitrogens with zero attached hydrogens (tertiary/aromatic N) is 2. The molecule has 1 unspecified atom stereocenters. The van der Waals surface area contributed by atoms with Gasteiger partial charge in [-0.2, -0.15) is 0 Å². The summed E-state index contributed by atoms with van der Waals surface area (Å²) >= 11 is 0. The number of piperidine rings is 2. The highest BCUT2D eigenvalue weighted by Crippen LogP contribution is 2.17.